The molecule has 2 saturated carbocycles. The number of hydrogen-bond acceptors (Lipinski definition) is 2. The van der Waals surface area contributed by atoms with Gasteiger partial charge in [0.25, 0.3) is 0 Å². The highest BCUT2D eigenvalue weighted by Gasteiger charge is 2.61. The molecule has 0 aromatic heterocycles. The number of carbonyl (C=O) groups is 2. The molecule has 3 fully saturated rings. The SMILES string of the molecule is O=C1[C@@H]2[C@H](C(=O)N1Cc1ccccc1)[C@H]1C=C[C@H]2C1=C1CCCC1. The summed E-state index contributed by atoms with van der Waals surface area (Å²) < 4.78 is 0. The van der Waals surface area contributed by atoms with Gasteiger partial charge >= 0.3 is 0 Å². The van der Waals surface area contributed by atoms with Crippen LogP contribution in [0.15, 0.2) is 53.6 Å². The van der Waals surface area contributed by atoms with Gasteiger partial charge in [0, 0.05) is 11.8 Å². The summed E-state index contributed by atoms with van der Waals surface area (Å²) in [7, 11) is 0. The van der Waals surface area contributed by atoms with Gasteiger partial charge in [0.05, 0.1) is 18.4 Å². The highest BCUT2D eigenvalue weighted by atomic mass is 16.2. The normalized spacial score (nSPS) is 33.9. The molecule has 0 N–H and O–H groups in total. The van der Waals surface area contributed by atoms with Crippen molar-refractivity contribution in [2.45, 2.75) is 32.2 Å². The number of fused-ring (bicyclic) bond motifs is 5. The summed E-state index contributed by atoms with van der Waals surface area (Å²) in [5, 5.41) is 0. The van der Waals surface area contributed by atoms with Crippen LogP contribution in [0.4, 0.5) is 0 Å². The van der Waals surface area contributed by atoms with Gasteiger partial charge in [-0.3, -0.25) is 14.5 Å². The third kappa shape index (κ3) is 1.84. The maximum absolute atomic E-state index is 13.0. The molecule has 4 atom stereocenters. The lowest BCUT2D eigenvalue weighted by Crippen LogP contribution is -2.32. The second kappa shape index (κ2) is 5.17. The number of carbonyl (C=O) groups excluding carboxylic acids is 2. The fraction of sp³-hybridized carbons (Fsp3) is 0.429. The predicted molar refractivity (Wildman–Crippen MR) is 90.6 cm³/mol. The Bertz CT molecular complexity index is 734. The summed E-state index contributed by atoms with van der Waals surface area (Å²) in [4.78, 5) is 27.5. The number of amides is 2. The summed E-state index contributed by atoms with van der Waals surface area (Å²) >= 11 is 0. The van der Waals surface area contributed by atoms with Crippen molar-refractivity contribution in [3.05, 3.63) is 59.2 Å². The lowest BCUT2D eigenvalue weighted by atomic mass is 9.85. The van der Waals surface area contributed by atoms with Gasteiger partial charge in [-0.25, -0.2) is 0 Å². The van der Waals surface area contributed by atoms with Gasteiger partial charge < -0.3 is 0 Å². The zero-order valence-corrected chi connectivity index (χ0v) is 13.7. The van der Waals surface area contributed by atoms with Crippen molar-refractivity contribution in [2.75, 3.05) is 0 Å². The molecule has 3 nitrogen and oxygen atoms in total. The lowest BCUT2D eigenvalue weighted by molar-refractivity contribution is -0.141. The standard InChI is InChI=1S/C21H21NO2/c23-20-18-15-10-11-16(17(15)14-8-4-5-9-14)19(18)21(24)22(20)12-13-6-2-1-3-7-13/h1-3,6-7,10-11,15-16,18-19H,4-5,8-9,12H2/t15-,16-,18-,19+/m0/s1. The summed E-state index contributed by atoms with van der Waals surface area (Å²) in [6.07, 6.45) is 9.25. The number of hydrogen-bond donors (Lipinski definition) is 0. The van der Waals surface area contributed by atoms with E-state index in [4.69, 9.17) is 0 Å². The zero-order chi connectivity index (χ0) is 16.3. The van der Waals surface area contributed by atoms with E-state index >= 15 is 0 Å². The molecule has 2 bridgehead atoms. The molecule has 5 rings (SSSR count). The van der Waals surface area contributed by atoms with Gasteiger partial charge in [-0.1, -0.05) is 53.6 Å². The van der Waals surface area contributed by atoms with Crippen LogP contribution in [0.25, 0.3) is 0 Å². The van der Waals surface area contributed by atoms with Crippen LogP contribution in [0.3, 0.4) is 0 Å². The van der Waals surface area contributed by atoms with Crippen molar-refractivity contribution in [3.63, 3.8) is 0 Å². The molecule has 2 amide bonds. The van der Waals surface area contributed by atoms with Crippen molar-refractivity contribution in [1.29, 1.82) is 0 Å². The predicted octanol–water partition coefficient (Wildman–Crippen LogP) is 3.47. The van der Waals surface area contributed by atoms with E-state index in [-0.39, 0.29) is 35.5 Å². The molecule has 1 saturated heterocycles. The number of imide groups is 1. The Kier molecular flexibility index (Phi) is 3.06. The van der Waals surface area contributed by atoms with Crippen LogP contribution in [0.5, 0.6) is 0 Å². The Balaban J connectivity index is 1.47. The topological polar surface area (TPSA) is 37.4 Å². The minimum atomic E-state index is -0.140. The van der Waals surface area contributed by atoms with E-state index in [2.05, 4.69) is 12.2 Å². The molecule has 1 aliphatic heterocycles. The maximum atomic E-state index is 13.0. The second-order valence-corrected chi connectivity index (χ2v) is 7.50. The first-order valence-corrected chi connectivity index (χ1v) is 9.05. The highest BCUT2D eigenvalue weighted by Crippen LogP contribution is 2.58. The molecule has 3 aliphatic carbocycles. The van der Waals surface area contributed by atoms with Crippen LogP contribution in [-0.2, 0) is 16.1 Å². The fourth-order valence-corrected chi connectivity index (χ4v) is 5.31. The number of nitrogens with zero attached hydrogens (tertiary/aromatic N) is 1. The first kappa shape index (κ1) is 14.2. The van der Waals surface area contributed by atoms with Gasteiger partial charge in [0.2, 0.25) is 11.8 Å². The molecule has 0 radical (unpaired) electrons. The summed E-state index contributed by atoms with van der Waals surface area (Å²) in [6.45, 7) is 0.414. The van der Waals surface area contributed by atoms with Crippen LogP contribution < -0.4 is 0 Å². The molecule has 0 spiro atoms. The minimum absolute atomic E-state index is 0.0433. The molecule has 1 aromatic carbocycles. The summed E-state index contributed by atoms with van der Waals surface area (Å²) in [5.74, 6) is 0.179. The van der Waals surface area contributed by atoms with Crippen molar-refractivity contribution < 1.29 is 9.59 Å². The number of likely N-dealkylation sites (tertiary alicyclic amines) is 1. The van der Waals surface area contributed by atoms with E-state index in [0.29, 0.717) is 6.54 Å². The third-order valence-electron chi connectivity index (χ3n) is 6.31. The molecular weight excluding hydrogens is 298 g/mol. The molecule has 0 unspecified atom stereocenters. The lowest BCUT2D eigenvalue weighted by Gasteiger charge is -2.19. The monoisotopic (exact) mass is 319 g/mol. The molecule has 1 heterocycles. The van der Waals surface area contributed by atoms with E-state index < -0.39 is 0 Å². The number of benzene rings is 1. The Morgan fingerprint density at radius 1 is 0.875 bits per heavy atom. The van der Waals surface area contributed by atoms with Crippen LogP contribution in [-0.4, -0.2) is 16.7 Å². The summed E-state index contributed by atoms with van der Waals surface area (Å²) in [5.41, 5.74) is 4.00. The minimum Gasteiger partial charge on any atom is -0.278 e. The van der Waals surface area contributed by atoms with E-state index in [1.165, 1.54) is 36.2 Å². The van der Waals surface area contributed by atoms with Crippen LogP contribution >= 0.6 is 0 Å². The average Bonchev–Trinajstić information content (AvgIpc) is 3.35. The van der Waals surface area contributed by atoms with E-state index in [9.17, 15) is 9.59 Å². The third-order valence-corrected chi connectivity index (χ3v) is 6.31. The summed E-state index contributed by atoms with van der Waals surface area (Å²) in [6, 6.07) is 9.82. The van der Waals surface area contributed by atoms with Crippen molar-refractivity contribution in [3.8, 4) is 0 Å². The number of allylic oxidation sites excluding steroid dienone is 4. The van der Waals surface area contributed by atoms with Crippen molar-refractivity contribution >= 4 is 11.8 Å². The van der Waals surface area contributed by atoms with Crippen LogP contribution in [0, 0.1) is 23.7 Å². The Morgan fingerprint density at radius 3 is 2.04 bits per heavy atom. The van der Waals surface area contributed by atoms with Crippen molar-refractivity contribution in [2.24, 2.45) is 23.7 Å². The van der Waals surface area contributed by atoms with Gasteiger partial charge in [-0.2, -0.15) is 0 Å². The smallest absolute Gasteiger partial charge is 0.234 e. The first-order valence-electron chi connectivity index (χ1n) is 9.05. The van der Waals surface area contributed by atoms with Gasteiger partial charge in [0.15, 0.2) is 0 Å². The average molecular weight is 319 g/mol. The Hall–Kier alpha value is -2.16. The molecule has 122 valence electrons. The highest BCUT2D eigenvalue weighted by molar-refractivity contribution is 6.07. The fourth-order valence-electron chi connectivity index (χ4n) is 5.31. The quantitative estimate of drug-likeness (QED) is 0.618. The first-order chi connectivity index (χ1) is 11.8. The zero-order valence-electron chi connectivity index (χ0n) is 13.7. The molecule has 4 aliphatic rings. The van der Waals surface area contributed by atoms with E-state index in [1.54, 1.807) is 5.57 Å². The van der Waals surface area contributed by atoms with Gasteiger partial charge in [-0.05, 0) is 31.2 Å². The molecule has 1 aromatic rings. The van der Waals surface area contributed by atoms with Crippen LogP contribution in [0.2, 0.25) is 0 Å². The molecular formula is C21H21NO2. The van der Waals surface area contributed by atoms with E-state index in [0.717, 1.165) is 5.56 Å². The van der Waals surface area contributed by atoms with E-state index in [1.807, 2.05) is 30.3 Å². The second-order valence-electron chi connectivity index (χ2n) is 7.50. The van der Waals surface area contributed by atoms with Crippen LogP contribution in [0.1, 0.15) is 31.2 Å². The van der Waals surface area contributed by atoms with Gasteiger partial charge in [-0.15, -0.1) is 0 Å². The maximum Gasteiger partial charge on any atom is 0.234 e. The van der Waals surface area contributed by atoms with Crippen molar-refractivity contribution in [1.82, 2.24) is 4.90 Å². The Labute approximate surface area is 142 Å². The molecule has 3 heteroatoms. The Morgan fingerprint density at radius 2 is 1.46 bits per heavy atom. The van der Waals surface area contributed by atoms with Gasteiger partial charge in [0.1, 0.15) is 0 Å². The number of rotatable bonds is 2. The molecule has 24 heavy (non-hydrogen) atoms. The largest absolute Gasteiger partial charge is 0.278 e.